The first kappa shape index (κ1) is 37.3. The first-order chi connectivity index (χ1) is 22.5. The fourth-order valence-electron chi connectivity index (χ4n) is 6.40. The Hall–Kier alpha value is -3.49. The number of carbonyl (C=O) groups excluding carboxylic acids is 1. The van der Waals surface area contributed by atoms with Gasteiger partial charge in [0.2, 0.25) is 5.78 Å². The number of benzene rings is 2. The highest BCUT2D eigenvalue weighted by Gasteiger charge is 2.31. The molecular formula is C43H59BN2OSi. The van der Waals surface area contributed by atoms with Gasteiger partial charge in [0, 0.05) is 28.7 Å². The molecule has 0 amide bonds. The summed E-state index contributed by atoms with van der Waals surface area (Å²) in [4.78, 5) is 18.4. The SMILES string of the molecule is CCCCB(CCCC)n1c(C(=O)c2cc(C(C)(C)C)cc(C(C)(C)C)c2)ccc1C(c1ccc(C#C[Si](C)(C)C)cc1)c1ccc[nH]1. The van der Waals surface area contributed by atoms with E-state index in [0.717, 1.165) is 60.8 Å². The van der Waals surface area contributed by atoms with E-state index in [0.29, 0.717) is 0 Å². The summed E-state index contributed by atoms with van der Waals surface area (Å²) in [5.41, 5.74) is 11.9. The predicted molar refractivity (Wildman–Crippen MR) is 211 cm³/mol. The molecule has 0 aliphatic heterocycles. The summed E-state index contributed by atoms with van der Waals surface area (Å²) >= 11 is 0. The molecule has 1 unspecified atom stereocenters. The molecule has 0 fully saturated rings. The Labute approximate surface area is 293 Å². The molecule has 254 valence electrons. The molecule has 48 heavy (non-hydrogen) atoms. The minimum absolute atomic E-state index is 0.0441. The second-order valence-corrected chi connectivity index (χ2v) is 21.5. The molecule has 2 aromatic heterocycles. The summed E-state index contributed by atoms with van der Waals surface area (Å²) in [5.74, 6) is 3.49. The van der Waals surface area contributed by atoms with E-state index in [9.17, 15) is 4.79 Å². The van der Waals surface area contributed by atoms with Gasteiger partial charge in [0.05, 0.1) is 11.6 Å². The topological polar surface area (TPSA) is 37.8 Å². The quantitative estimate of drug-likeness (QED) is 0.0918. The number of rotatable bonds is 12. The molecule has 0 bridgehead atoms. The number of aromatic amines is 1. The smallest absolute Gasteiger partial charge is 0.260 e. The highest BCUT2D eigenvalue weighted by atomic mass is 28.3. The Morgan fingerprint density at radius 1 is 0.833 bits per heavy atom. The number of ketones is 1. The van der Waals surface area contributed by atoms with Gasteiger partial charge in [-0.15, -0.1) is 5.54 Å². The summed E-state index contributed by atoms with van der Waals surface area (Å²) in [7, 11) is -1.48. The van der Waals surface area contributed by atoms with E-state index in [1.165, 1.54) is 22.4 Å². The molecule has 0 saturated carbocycles. The lowest BCUT2D eigenvalue weighted by Crippen LogP contribution is -2.31. The average molecular weight is 659 g/mol. The van der Waals surface area contributed by atoms with Gasteiger partial charge in [-0.05, 0) is 76.1 Å². The minimum Gasteiger partial charge on any atom is -0.386 e. The van der Waals surface area contributed by atoms with E-state index in [1.807, 2.05) is 6.20 Å². The van der Waals surface area contributed by atoms with Crippen LogP contribution < -0.4 is 0 Å². The summed E-state index contributed by atoms with van der Waals surface area (Å²) in [6.07, 6.45) is 8.63. The molecule has 3 nitrogen and oxygen atoms in total. The Morgan fingerprint density at radius 3 is 1.90 bits per heavy atom. The van der Waals surface area contributed by atoms with Gasteiger partial charge in [-0.3, -0.25) is 4.79 Å². The predicted octanol–water partition coefficient (Wildman–Crippen LogP) is 11.5. The highest BCUT2D eigenvalue weighted by Crippen LogP contribution is 2.36. The maximum absolute atomic E-state index is 14.9. The van der Waals surface area contributed by atoms with E-state index in [1.54, 1.807) is 0 Å². The number of H-pyrrole nitrogens is 1. The normalized spacial score (nSPS) is 12.8. The van der Waals surface area contributed by atoms with Crippen molar-refractivity contribution in [1.29, 1.82) is 0 Å². The summed E-state index contributed by atoms with van der Waals surface area (Å²) in [5, 5.41) is 0. The Morgan fingerprint density at radius 2 is 1.42 bits per heavy atom. The molecule has 0 aliphatic rings. The van der Waals surface area contributed by atoms with Gasteiger partial charge in [0.1, 0.15) is 8.07 Å². The van der Waals surface area contributed by atoms with Crippen LogP contribution in [-0.4, -0.2) is 30.2 Å². The molecule has 4 rings (SSSR count). The molecule has 0 saturated heterocycles. The molecule has 4 aromatic rings. The number of unbranched alkanes of at least 4 members (excludes halogenated alkanes) is 2. The third kappa shape index (κ3) is 9.35. The first-order valence-electron chi connectivity index (χ1n) is 18.2. The van der Waals surface area contributed by atoms with Gasteiger partial charge in [0.25, 0.3) is 6.85 Å². The van der Waals surface area contributed by atoms with Crippen LogP contribution in [0.4, 0.5) is 0 Å². The molecule has 1 N–H and O–H groups in total. The van der Waals surface area contributed by atoms with Gasteiger partial charge in [-0.1, -0.05) is 137 Å². The lowest BCUT2D eigenvalue weighted by atomic mass is 9.53. The molecular weight excluding hydrogens is 599 g/mol. The Bertz CT molecular complexity index is 1670. The van der Waals surface area contributed by atoms with Crippen molar-refractivity contribution in [2.24, 2.45) is 0 Å². The van der Waals surface area contributed by atoms with Crippen LogP contribution in [0, 0.1) is 11.5 Å². The zero-order valence-corrected chi connectivity index (χ0v) is 32.7. The van der Waals surface area contributed by atoms with Crippen LogP contribution in [-0.2, 0) is 10.8 Å². The van der Waals surface area contributed by atoms with E-state index in [2.05, 4.69) is 163 Å². The van der Waals surface area contributed by atoms with Gasteiger partial charge in [0.15, 0.2) is 0 Å². The lowest BCUT2D eigenvalue weighted by Gasteiger charge is -2.27. The zero-order valence-electron chi connectivity index (χ0n) is 31.7. The fraction of sp³-hybridized carbons (Fsp3) is 0.465. The summed E-state index contributed by atoms with van der Waals surface area (Å²) in [6, 6.07) is 24.0. The number of hydrogen-bond donors (Lipinski definition) is 1. The largest absolute Gasteiger partial charge is 0.386 e. The van der Waals surface area contributed by atoms with Crippen LogP contribution in [0.2, 0.25) is 32.3 Å². The standard InChI is InChI=1S/C43H59BN2OSi/c1-12-14-25-44(26-15-13-2)46-38(40(37-17-16-27-45-37)33-20-18-32(19-21-33)24-28-48(9,10)11)22-23-39(46)41(47)34-29-35(42(3,4)5)31-36(30-34)43(6,7)8/h16-23,27,29-31,40,45H,12-15,25-26H2,1-11H3. The van der Waals surface area contributed by atoms with Crippen LogP contribution in [0.15, 0.2) is 72.9 Å². The van der Waals surface area contributed by atoms with Crippen molar-refractivity contribution in [2.75, 3.05) is 0 Å². The van der Waals surface area contributed by atoms with Gasteiger partial charge in [-0.2, -0.15) is 0 Å². The molecule has 0 radical (unpaired) electrons. The molecule has 2 aromatic carbocycles. The van der Waals surface area contributed by atoms with Crippen molar-refractivity contribution >= 4 is 20.7 Å². The second kappa shape index (κ2) is 15.4. The fourth-order valence-corrected chi connectivity index (χ4v) is 6.92. The zero-order chi connectivity index (χ0) is 35.3. The van der Waals surface area contributed by atoms with E-state index in [4.69, 9.17) is 0 Å². The lowest BCUT2D eigenvalue weighted by molar-refractivity contribution is 0.103. The average Bonchev–Trinajstić information content (AvgIpc) is 3.70. The second-order valence-electron chi connectivity index (χ2n) is 16.8. The molecule has 0 aliphatic carbocycles. The van der Waals surface area contributed by atoms with E-state index >= 15 is 0 Å². The highest BCUT2D eigenvalue weighted by molar-refractivity contribution is 6.83. The van der Waals surface area contributed by atoms with Crippen LogP contribution in [0.1, 0.15) is 137 Å². The maximum atomic E-state index is 14.9. The molecule has 2 heterocycles. The van der Waals surface area contributed by atoms with Crippen LogP contribution in [0.3, 0.4) is 0 Å². The van der Waals surface area contributed by atoms with Crippen molar-refractivity contribution in [2.45, 2.75) is 130 Å². The summed E-state index contributed by atoms with van der Waals surface area (Å²) < 4.78 is 2.44. The van der Waals surface area contributed by atoms with Crippen molar-refractivity contribution in [1.82, 2.24) is 9.46 Å². The van der Waals surface area contributed by atoms with Gasteiger partial charge in [-0.25, -0.2) is 0 Å². The number of nitrogens with one attached hydrogen (secondary N) is 1. The summed E-state index contributed by atoms with van der Waals surface area (Å²) in [6.45, 7) is 25.0. The monoisotopic (exact) mass is 658 g/mol. The third-order valence-electron chi connectivity index (χ3n) is 9.31. The number of aromatic nitrogens is 2. The van der Waals surface area contributed by atoms with Gasteiger partial charge >= 0.3 is 0 Å². The number of hydrogen-bond acceptors (Lipinski definition) is 1. The van der Waals surface area contributed by atoms with Crippen molar-refractivity contribution in [3.05, 3.63) is 118 Å². The Kier molecular flexibility index (Phi) is 12.0. The molecule has 5 heteroatoms. The van der Waals surface area contributed by atoms with Crippen molar-refractivity contribution in [3.8, 4) is 11.5 Å². The van der Waals surface area contributed by atoms with Crippen LogP contribution >= 0.6 is 0 Å². The van der Waals surface area contributed by atoms with Crippen molar-refractivity contribution < 1.29 is 4.79 Å². The maximum Gasteiger partial charge on any atom is 0.260 e. The first-order valence-corrected chi connectivity index (χ1v) is 21.7. The van der Waals surface area contributed by atoms with E-state index < -0.39 is 8.07 Å². The molecule has 0 spiro atoms. The van der Waals surface area contributed by atoms with Gasteiger partial charge < -0.3 is 9.46 Å². The van der Waals surface area contributed by atoms with Crippen molar-refractivity contribution in [3.63, 3.8) is 0 Å². The Balaban J connectivity index is 1.95. The van der Waals surface area contributed by atoms with Crippen LogP contribution in [0.5, 0.6) is 0 Å². The number of nitrogens with zero attached hydrogens (tertiary/aromatic N) is 1. The number of carbonyl (C=O) groups is 1. The minimum atomic E-state index is -1.48. The van der Waals surface area contributed by atoms with Crippen LogP contribution in [0.25, 0.3) is 0 Å². The van der Waals surface area contributed by atoms with E-state index in [-0.39, 0.29) is 29.4 Å². The molecule has 1 atom stereocenters. The third-order valence-corrected chi connectivity index (χ3v) is 10.2.